The number of phenolic OH excluding ortho intramolecular Hbond substituents is 1. The first-order valence-electron chi connectivity index (χ1n) is 7.66. The quantitative estimate of drug-likeness (QED) is 0.405. The number of aromatic hydroxyl groups is 1. The lowest BCUT2D eigenvalue weighted by atomic mass is 10.2. The predicted molar refractivity (Wildman–Crippen MR) is 100.0 cm³/mol. The summed E-state index contributed by atoms with van der Waals surface area (Å²) < 4.78 is 14.7. The maximum absolute atomic E-state index is 13.9. The number of anilines is 1. The van der Waals surface area contributed by atoms with Crippen molar-refractivity contribution < 1.29 is 9.50 Å². The Morgan fingerprint density at radius 3 is 2.67 bits per heavy atom. The van der Waals surface area contributed by atoms with Crippen LogP contribution in [0.1, 0.15) is 25.0 Å². The van der Waals surface area contributed by atoms with Gasteiger partial charge >= 0.3 is 0 Å². The normalized spacial score (nSPS) is 11.7. The third-order valence-corrected chi connectivity index (χ3v) is 3.80. The van der Waals surface area contributed by atoms with Crippen LogP contribution >= 0.6 is 15.9 Å². The van der Waals surface area contributed by atoms with Crippen LogP contribution in [0.3, 0.4) is 0 Å². The van der Waals surface area contributed by atoms with Crippen LogP contribution in [0, 0.1) is 12.7 Å². The Labute approximate surface area is 150 Å². The first-order chi connectivity index (χ1) is 11.3. The molecule has 2 aromatic carbocycles. The van der Waals surface area contributed by atoms with E-state index >= 15 is 0 Å². The fourth-order valence-corrected chi connectivity index (χ4v) is 2.55. The van der Waals surface area contributed by atoms with Crippen molar-refractivity contribution in [2.75, 3.05) is 5.32 Å². The Hall–Kier alpha value is -2.08. The largest absolute Gasteiger partial charge is 0.508 e. The molecule has 3 N–H and O–H groups in total. The number of aryl methyl sites for hydroxylation is 1. The van der Waals surface area contributed by atoms with Gasteiger partial charge in [0.2, 0.25) is 0 Å². The topological polar surface area (TPSA) is 56.6 Å². The Morgan fingerprint density at radius 2 is 2.00 bits per heavy atom. The first-order valence-corrected chi connectivity index (χ1v) is 8.46. The zero-order valence-corrected chi connectivity index (χ0v) is 15.5. The number of aliphatic imine (C=N–C) groups is 1. The fourth-order valence-electron chi connectivity index (χ4n) is 2.14. The second kappa shape index (κ2) is 8.15. The molecule has 6 heteroatoms. The number of phenols is 1. The van der Waals surface area contributed by atoms with Gasteiger partial charge in [-0.15, -0.1) is 0 Å². The molecule has 0 unspecified atom stereocenters. The van der Waals surface area contributed by atoms with E-state index in [9.17, 15) is 9.50 Å². The van der Waals surface area contributed by atoms with Gasteiger partial charge in [-0.2, -0.15) is 0 Å². The summed E-state index contributed by atoms with van der Waals surface area (Å²) in [5.41, 5.74) is 2.23. The van der Waals surface area contributed by atoms with Crippen LogP contribution in [-0.2, 0) is 6.54 Å². The molecule has 0 spiro atoms. The van der Waals surface area contributed by atoms with Crippen molar-refractivity contribution in [2.45, 2.75) is 33.4 Å². The fraction of sp³-hybridized carbons (Fsp3) is 0.278. The van der Waals surface area contributed by atoms with E-state index in [0.29, 0.717) is 11.5 Å². The molecule has 0 aliphatic rings. The lowest BCUT2D eigenvalue weighted by Crippen LogP contribution is -2.36. The third kappa shape index (κ3) is 5.23. The molecule has 0 aromatic heterocycles. The summed E-state index contributed by atoms with van der Waals surface area (Å²) in [6, 6.07) is 10.0. The van der Waals surface area contributed by atoms with Gasteiger partial charge in [-0.25, -0.2) is 9.38 Å². The number of nitrogens with one attached hydrogen (secondary N) is 2. The minimum atomic E-state index is -0.285. The van der Waals surface area contributed by atoms with Crippen molar-refractivity contribution in [3.05, 3.63) is 57.8 Å². The summed E-state index contributed by atoms with van der Waals surface area (Å²) in [6.07, 6.45) is 0. The number of hydrogen-bond donors (Lipinski definition) is 3. The van der Waals surface area contributed by atoms with Gasteiger partial charge in [-0.1, -0.05) is 15.9 Å². The molecule has 0 fully saturated rings. The summed E-state index contributed by atoms with van der Waals surface area (Å²) in [5, 5.41) is 15.9. The van der Waals surface area contributed by atoms with Crippen LogP contribution in [0.2, 0.25) is 0 Å². The summed E-state index contributed by atoms with van der Waals surface area (Å²) in [4.78, 5) is 4.47. The summed E-state index contributed by atoms with van der Waals surface area (Å²) in [7, 11) is 0. The molecular weight excluding hydrogens is 373 g/mol. The van der Waals surface area contributed by atoms with Gasteiger partial charge in [0.05, 0.1) is 6.54 Å². The van der Waals surface area contributed by atoms with E-state index in [-0.39, 0.29) is 24.2 Å². The van der Waals surface area contributed by atoms with Crippen LogP contribution in [0.4, 0.5) is 10.1 Å². The van der Waals surface area contributed by atoms with Crippen LogP contribution in [-0.4, -0.2) is 17.1 Å². The van der Waals surface area contributed by atoms with Crippen molar-refractivity contribution in [3.8, 4) is 5.75 Å². The van der Waals surface area contributed by atoms with Gasteiger partial charge in [-0.3, -0.25) is 0 Å². The van der Waals surface area contributed by atoms with Crippen LogP contribution < -0.4 is 10.6 Å². The Morgan fingerprint density at radius 1 is 1.25 bits per heavy atom. The van der Waals surface area contributed by atoms with Crippen LogP contribution in [0.15, 0.2) is 45.9 Å². The maximum atomic E-state index is 13.9. The summed E-state index contributed by atoms with van der Waals surface area (Å²) in [6.45, 7) is 6.11. The first kappa shape index (κ1) is 18.3. The lowest BCUT2D eigenvalue weighted by Gasteiger charge is -2.17. The predicted octanol–water partition coefficient (Wildman–Crippen LogP) is 4.57. The monoisotopic (exact) mass is 393 g/mol. The maximum Gasteiger partial charge on any atom is 0.196 e. The Bertz CT molecular complexity index is 747. The number of benzene rings is 2. The van der Waals surface area contributed by atoms with Crippen molar-refractivity contribution in [1.29, 1.82) is 0 Å². The molecule has 0 heterocycles. The van der Waals surface area contributed by atoms with E-state index in [4.69, 9.17) is 0 Å². The molecule has 0 saturated carbocycles. The number of rotatable bonds is 4. The highest BCUT2D eigenvalue weighted by Crippen LogP contribution is 2.20. The van der Waals surface area contributed by atoms with Gasteiger partial charge in [-0.05, 0) is 62.7 Å². The van der Waals surface area contributed by atoms with Crippen LogP contribution in [0.25, 0.3) is 0 Å². The molecule has 0 atom stereocenters. The molecule has 0 bridgehead atoms. The molecular formula is C18H21BrFN3O. The van der Waals surface area contributed by atoms with Crippen molar-refractivity contribution in [2.24, 2.45) is 4.99 Å². The number of hydrogen-bond acceptors (Lipinski definition) is 2. The molecule has 0 amide bonds. The molecule has 0 aliphatic carbocycles. The number of guanidine groups is 1. The van der Waals surface area contributed by atoms with Gasteiger partial charge < -0.3 is 15.7 Å². The standard InChI is InChI=1S/C18H21BrFN3O/c1-11(2)22-18(23-17-7-5-15(24)8-12(17)3)21-10-13-9-14(19)4-6-16(13)20/h4-9,11,24H,10H2,1-3H3,(H2,21,22,23). The van der Waals surface area contributed by atoms with E-state index in [1.807, 2.05) is 20.8 Å². The molecule has 2 rings (SSSR count). The van der Waals surface area contributed by atoms with Gasteiger partial charge in [0.15, 0.2) is 5.96 Å². The molecule has 128 valence electrons. The summed E-state index contributed by atoms with van der Waals surface area (Å²) in [5.74, 6) is 0.481. The molecule has 4 nitrogen and oxygen atoms in total. The Kier molecular flexibility index (Phi) is 6.20. The molecule has 0 radical (unpaired) electrons. The van der Waals surface area contributed by atoms with Gasteiger partial charge in [0, 0.05) is 21.8 Å². The highest BCUT2D eigenvalue weighted by molar-refractivity contribution is 9.10. The molecule has 0 saturated heterocycles. The Balaban J connectivity index is 2.22. The van der Waals surface area contributed by atoms with Crippen molar-refractivity contribution in [3.63, 3.8) is 0 Å². The van der Waals surface area contributed by atoms with E-state index in [1.165, 1.54) is 6.07 Å². The second-order valence-electron chi connectivity index (χ2n) is 5.82. The lowest BCUT2D eigenvalue weighted by molar-refractivity contribution is 0.475. The van der Waals surface area contributed by atoms with E-state index in [2.05, 4.69) is 31.6 Å². The van der Waals surface area contributed by atoms with Crippen molar-refractivity contribution in [1.82, 2.24) is 5.32 Å². The average molecular weight is 394 g/mol. The van der Waals surface area contributed by atoms with E-state index in [0.717, 1.165) is 15.7 Å². The SMILES string of the molecule is Cc1cc(O)ccc1NC(=NCc1cc(Br)ccc1F)NC(C)C. The number of nitrogens with zero attached hydrogens (tertiary/aromatic N) is 1. The summed E-state index contributed by atoms with van der Waals surface area (Å²) >= 11 is 3.34. The average Bonchev–Trinajstić information content (AvgIpc) is 2.50. The minimum Gasteiger partial charge on any atom is -0.508 e. The van der Waals surface area contributed by atoms with Crippen LogP contribution in [0.5, 0.6) is 5.75 Å². The highest BCUT2D eigenvalue weighted by atomic mass is 79.9. The smallest absolute Gasteiger partial charge is 0.196 e. The molecule has 0 aliphatic heterocycles. The molecule has 24 heavy (non-hydrogen) atoms. The van der Waals surface area contributed by atoms with E-state index in [1.54, 1.807) is 30.3 Å². The molecule has 2 aromatic rings. The minimum absolute atomic E-state index is 0.168. The number of halogens is 2. The second-order valence-corrected chi connectivity index (χ2v) is 6.74. The zero-order valence-electron chi connectivity index (χ0n) is 13.9. The van der Waals surface area contributed by atoms with Gasteiger partial charge in [0.25, 0.3) is 0 Å². The van der Waals surface area contributed by atoms with Gasteiger partial charge in [0.1, 0.15) is 11.6 Å². The zero-order chi connectivity index (χ0) is 17.7. The van der Waals surface area contributed by atoms with E-state index < -0.39 is 0 Å². The van der Waals surface area contributed by atoms with Crippen molar-refractivity contribution >= 4 is 27.6 Å². The highest BCUT2D eigenvalue weighted by Gasteiger charge is 2.07. The third-order valence-electron chi connectivity index (χ3n) is 3.30.